The molecule has 1 rings (SSSR count). The van der Waals surface area contributed by atoms with E-state index in [4.69, 9.17) is 0 Å². The van der Waals surface area contributed by atoms with Crippen molar-refractivity contribution in [1.82, 2.24) is 10.2 Å². The number of nitrogens with zero attached hydrogens (tertiary/aromatic N) is 1. The van der Waals surface area contributed by atoms with E-state index < -0.39 is 0 Å². The predicted molar refractivity (Wildman–Crippen MR) is 62.7 cm³/mol. The first-order chi connectivity index (χ1) is 7.16. The Balaban J connectivity index is 2.53. The van der Waals surface area contributed by atoms with E-state index in [0.717, 1.165) is 38.9 Å². The summed E-state index contributed by atoms with van der Waals surface area (Å²) in [5.74, 6) is 0.562. The highest BCUT2D eigenvalue weighted by molar-refractivity contribution is 5.79. The van der Waals surface area contributed by atoms with Crippen LogP contribution in [0.25, 0.3) is 0 Å². The molecule has 1 atom stereocenters. The Bertz CT molecular complexity index is 198. The summed E-state index contributed by atoms with van der Waals surface area (Å²) in [6, 6.07) is 0.333. The number of amides is 1. The van der Waals surface area contributed by atoms with Gasteiger partial charge in [0.05, 0.1) is 5.92 Å². The van der Waals surface area contributed by atoms with Gasteiger partial charge in [-0.2, -0.15) is 0 Å². The minimum atomic E-state index is 0.215. The number of carbonyl (C=O) groups is 1. The van der Waals surface area contributed by atoms with Crippen molar-refractivity contribution < 1.29 is 4.79 Å². The average Bonchev–Trinajstić information content (AvgIpc) is 2.26. The summed E-state index contributed by atoms with van der Waals surface area (Å²) in [5, 5.41) is 3.30. The first-order valence-corrected chi connectivity index (χ1v) is 6.18. The van der Waals surface area contributed by atoms with Crippen molar-refractivity contribution in [3.63, 3.8) is 0 Å². The molecule has 0 bridgehead atoms. The minimum absolute atomic E-state index is 0.215. The maximum atomic E-state index is 12.2. The third-order valence-corrected chi connectivity index (χ3v) is 3.02. The second-order valence-corrected chi connectivity index (χ2v) is 4.67. The number of hydrogen-bond donors (Lipinski definition) is 1. The highest BCUT2D eigenvalue weighted by Gasteiger charge is 2.26. The number of carbonyl (C=O) groups excluding carboxylic acids is 1. The molecule has 0 aromatic rings. The van der Waals surface area contributed by atoms with Crippen molar-refractivity contribution in [3.8, 4) is 0 Å². The molecule has 15 heavy (non-hydrogen) atoms. The predicted octanol–water partition coefficient (Wildman–Crippen LogP) is 1.63. The number of nitrogens with one attached hydrogen (secondary N) is 1. The van der Waals surface area contributed by atoms with Gasteiger partial charge in [-0.05, 0) is 39.7 Å². The van der Waals surface area contributed by atoms with Crippen LogP contribution in [-0.2, 0) is 4.79 Å². The topological polar surface area (TPSA) is 32.3 Å². The molecule has 3 nitrogen and oxygen atoms in total. The third kappa shape index (κ3) is 3.49. The zero-order chi connectivity index (χ0) is 11.3. The normalized spacial score (nSPS) is 21.7. The van der Waals surface area contributed by atoms with Crippen LogP contribution in [0.1, 0.15) is 40.0 Å². The van der Waals surface area contributed by atoms with Crippen LogP contribution in [0.4, 0.5) is 0 Å². The van der Waals surface area contributed by atoms with Gasteiger partial charge in [0.2, 0.25) is 5.91 Å². The van der Waals surface area contributed by atoms with E-state index in [0.29, 0.717) is 11.9 Å². The zero-order valence-corrected chi connectivity index (χ0v) is 10.3. The van der Waals surface area contributed by atoms with E-state index in [1.54, 1.807) is 0 Å². The van der Waals surface area contributed by atoms with Crippen LogP contribution in [-0.4, -0.2) is 36.5 Å². The fourth-order valence-corrected chi connectivity index (χ4v) is 2.16. The molecule has 0 aromatic carbocycles. The van der Waals surface area contributed by atoms with Crippen molar-refractivity contribution in [2.45, 2.75) is 46.1 Å². The van der Waals surface area contributed by atoms with Crippen LogP contribution in [0, 0.1) is 5.92 Å². The Morgan fingerprint density at radius 3 is 2.73 bits per heavy atom. The molecule has 1 aliphatic rings. The van der Waals surface area contributed by atoms with Gasteiger partial charge in [0.15, 0.2) is 0 Å². The first kappa shape index (κ1) is 12.5. The van der Waals surface area contributed by atoms with Gasteiger partial charge < -0.3 is 10.2 Å². The molecule has 3 heteroatoms. The van der Waals surface area contributed by atoms with Gasteiger partial charge in [-0.1, -0.05) is 6.92 Å². The van der Waals surface area contributed by atoms with Crippen molar-refractivity contribution in [2.75, 3.05) is 19.6 Å². The zero-order valence-electron chi connectivity index (χ0n) is 10.3. The van der Waals surface area contributed by atoms with Crippen LogP contribution >= 0.6 is 0 Å². The molecule has 1 amide bonds. The Kier molecular flexibility index (Phi) is 5.09. The monoisotopic (exact) mass is 212 g/mol. The lowest BCUT2D eigenvalue weighted by atomic mass is 9.97. The minimum Gasteiger partial charge on any atom is -0.340 e. The molecule has 1 saturated heterocycles. The summed E-state index contributed by atoms with van der Waals surface area (Å²) >= 11 is 0. The van der Waals surface area contributed by atoms with Gasteiger partial charge in [-0.15, -0.1) is 0 Å². The largest absolute Gasteiger partial charge is 0.340 e. The summed E-state index contributed by atoms with van der Waals surface area (Å²) in [6.07, 6.45) is 3.23. The summed E-state index contributed by atoms with van der Waals surface area (Å²) in [4.78, 5) is 14.2. The molecular formula is C12H24N2O. The SMILES string of the molecule is CCCN(C(=O)C1CCCNC1)C(C)C. The van der Waals surface area contributed by atoms with Crippen LogP contribution in [0.15, 0.2) is 0 Å². The molecule has 1 heterocycles. The fraction of sp³-hybridized carbons (Fsp3) is 0.917. The Hall–Kier alpha value is -0.570. The van der Waals surface area contributed by atoms with Gasteiger partial charge in [-0.3, -0.25) is 4.79 Å². The molecule has 1 aliphatic heterocycles. The van der Waals surface area contributed by atoms with E-state index in [1.165, 1.54) is 0 Å². The molecule has 1 N–H and O–H groups in total. The van der Waals surface area contributed by atoms with Gasteiger partial charge in [0, 0.05) is 19.1 Å². The molecular weight excluding hydrogens is 188 g/mol. The highest BCUT2D eigenvalue weighted by atomic mass is 16.2. The molecule has 0 spiro atoms. The van der Waals surface area contributed by atoms with Gasteiger partial charge in [0.1, 0.15) is 0 Å². The van der Waals surface area contributed by atoms with E-state index in [-0.39, 0.29) is 5.92 Å². The van der Waals surface area contributed by atoms with E-state index in [1.807, 2.05) is 4.90 Å². The first-order valence-electron chi connectivity index (χ1n) is 6.18. The summed E-state index contributed by atoms with van der Waals surface area (Å²) in [7, 11) is 0. The second-order valence-electron chi connectivity index (χ2n) is 4.67. The van der Waals surface area contributed by atoms with Crippen molar-refractivity contribution in [1.29, 1.82) is 0 Å². The Morgan fingerprint density at radius 1 is 1.53 bits per heavy atom. The highest BCUT2D eigenvalue weighted by Crippen LogP contribution is 2.15. The quantitative estimate of drug-likeness (QED) is 0.768. The van der Waals surface area contributed by atoms with Crippen LogP contribution in [0.2, 0.25) is 0 Å². The third-order valence-electron chi connectivity index (χ3n) is 3.02. The van der Waals surface area contributed by atoms with Gasteiger partial charge in [-0.25, -0.2) is 0 Å². The van der Waals surface area contributed by atoms with Crippen molar-refractivity contribution in [2.24, 2.45) is 5.92 Å². The maximum absolute atomic E-state index is 12.2. The molecule has 1 unspecified atom stereocenters. The van der Waals surface area contributed by atoms with E-state index >= 15 is 0 Å². The standard InChI is InChI=1S/C12H24N2O/c1-4-8-14(10(2)3)12(15)11-6-5-7-13-9-11/h10-11,13H,4-9H2,1-3H3. The van der Waals surface area contributed by atoms with E-state index in [9.17, 15) is 4.79 Å². The molecule has 0 aromatic heterocycles. The van der Waals surface area contributed by atoms with Crippen molar-refractivity contribution in [3.05, 3.63) is 0 Å². The number of rotatable bonds is 4. The average molecular weight is 212 g/mol. The van der Waals surface area contributed by atoms with Gasteiger partial charge in [0.25, 0.3) is 0 Å². The molecule has 0 aliphatic carbocycles. The molecule has 1 fully saturated rings. The smallest absolute Gasteiger partial charge is 0.227 e. The fourth-order valence-electron chi connectivity index (χ4n) is 2.16. The van der Waals surface area contributed by atoms with Crippen LogP contribution in [0.5, 0.6) is 0 Å². The second kappa shape index (κ2) is 6.11. The van der Waals surface area contributed by atoms with Crippen LogP contribution < -0.4 is 5.32 Å². The molecule has 88 valence electrons. The van der Waals surface area contributed by atoms with Crippen LogP contribution in [0.3, 0.4) is 0 Å². The Labute approximate surface area is 93.2 Å². The summed E-state index contributed by atoms with van der Waals surface area (Å²) in [6.45, 7) is 9.16. The maximum Gasteiger partial charge on any atom is 0.227 e. The number of piperidine rings is 1. The lowest BCUT2D eigenvalue weighted by Gasteiger charge is -2.32. The van der Waals surface area contributed by atoms with Gasteiger partial charge >= 0.3 is 0 Å². The lowest BCUT2D eigenvalue weighted by Crippen LogP contribution is -2.46. The summed E-state index contributed by atoms with van der Waals surface area (Å²) < 4.78 is 0. The summed E-state index contributed by atoms with van der Waals surface area (Å²) in [5.41, 5.74) is 0. The lowest BCUT2D eigenvalue weighted by molar-refractivity contribution is -0.137. The molecule has 0 radical (unpaired) electrons. The number of hydrogen-bond acceptors (Lipinski definition) is 2. The van der Waals surface area contributed by atoms with Crippen molar-refractivity contribution >= 4 is 5.91 Å². The Morgan fingerprint density at radius 2 is 2.27 bits per heavy atom. The molecule has 0 saturated carbocycles. The van der Waals surface area contributed by atoms with E-state index in [2.05, 4.69) is 26.1 Å².